The molecule has 0 unspecified atom stereocenters. The van der Waals surface area contributed by atoms with Crippen molar-refractivity contribution < 1.29 is 35.6 Å². The van der Waals surface area contributed by atoms with E-state index in [9.17, 15) is 31.1 Å². The summed E-state index contributed by atoms with van der Waals surface area (Å²) >= 11 is 0. The molecule has 0 bridgehead atoms. The second kappa shape index (κ2) is 8.18. The predicted octanol–water partition coefficient (Wildman–Crippen LogP) is 7.04. The Kier molecular flexibility index (Phi) is 5.35. The minimum Gasteiger partial charge on any atom is -0.464 e. The lowest BCUT2D eigenvalue weighted by Crippen LogP contribution is -2.13. The number of nitrogens with zero attached hydrogens (tertiary/aromatic N) is 1. The zero-order valence-electron chi connectivity index (χ0n) is 18.2. The zero-order valence-corrected chi connectivity index (χ0v) is 18.2. The molecule has 0 aliphatic rings. The van der Waals surface area contributed by atoms with Crippen molar-refractivity contribution in [1.82, 2.24) is 4.57 Å². The average Bonchev–Trinajstić information content (AvgIpc) is 3.45. The number of hydrogen-bond donors (Lipinski definition) is 1. The van der Waals surface area contributed by atoms with Crippen LogP contribution in [0.2, 0.25) is 0 Å². The number of rotatable bonds is 4. The molecule has 0 atom stereocenters. The Balaban J connectivity index is 1.79. The van der Waals surface area contributed by atoms with Crippen molar-refractivity contribution in [1.29, 1.82) is 0 Å². The predicted molar refractivity (Wildman–Crippen MR) is 120 cm³/mol. The number of furan rings is 1. The molecule has 0 saturated heterocycles. The van der Waals surface area contributed by atoms with Crippen LogP contribution in [0.5, 0.6) is 0 Å². The molecule has 36 heavy (non-hydrogen) atoms. The van der Waals surface area contributed by atoms with Crippen molar-refractivity contribution in [2.24, 2.45) is 5.73 Å². The van der Waals surface area contributed by atoms with Gasteiger partial charge in [-0.3, -0.25) is 4.79 Å². The Morgan fingerprint density at radius 3 is 2.19 bits per heavy atom. The first kappa shape index (κ1) is 23.5. The third kappa shape index (κ3) is 4.08. The second-order valence-electron chi connectivity index (χ2n) is 8.19. The molecule has 1 amide bonds. The molecule has 4 nitrogen and oxygen atoms in total. The van der Waals surface area contributed by atoms with Crippen LogP contribution in [0.15, 0.2) is 71.3 Å². The SMILES string of the molecule is NC(=O)c1cccc2c1c1[c]cc(-c3ccco3)cc1n2Cc1cc(C(F)(F)F)cc(C(F)(F)F)c1. The van der Waals surface area contributed by atoms with E-state index in [-0.39, 0.29) is 23.7 Å². The summed E-state index contributed by atoms with van der Waals surface area (Å²) in [4.78, 5) is 12.1. The Morgan fingerprint density at radius 2 is 1.61 bits per heavy atom. The average molecular weight is 501 g/mol. The summed E-state index contributed by atoms with van der Waals surface area (Å²) in [5.41, 5.74) is 4.08. The van der Waals surface area contributed by atoms with Gasteiger partial charge in [0.2, 0.25) is 5.91 Å². The van der Waals surface area contributed by atoms with Gasteiger partial charge in [0, 0.05) is 28.4 Å². The fourth-order valence-corrected chi connectivity index (χ4v) is 4.31. The normalized spacial score (nSPS) is 12.5. The van der Waals surface area contributed by atoms with Crippen molar-refractivity contribution in [3.05, 3.63) is 95.2 Å². The lowest BCUT2D eigenvalue weighted by molar-refractivity contribution is -0.143. The minimum atomic E-state index is -4.98. The highest BCUT2D eigenvalue weighted by atomic mass is 19.4. The van der Waals surface area contributed by atoms with Crippen LogP contribution >= 0.6 is 0 Å². The molecule has 3 aromatic carbocycles. The number of alkyl halides is 6. The first-order valence-corrected chi connectivity index (χ1v) is 10.5. The van der Waals surface area contributed by atoms with E-state index in [1.807, 2.05) is 0 Å². The molecule has 0 fully saturated rings. The summed E-state index contributed by atoms with van der Waals surface area (Å²) in [5.74, 6) is -0.250. The Labute approximate surface area is 199 Å². The summed E-state index contributed by atoms with van der Waals surface area (Å²) in [7, 11) is 0. The van der Waals surface area contributed by atoms with Crippen LogP contribution < -0.4 is 5.73 Å². The standard InChI is InChI=1S/C26H15F6N2O2/c27-25(28,29)16-9-14(10-17(12-16)26(30,31)32)13-34-20-4-1-3-19(24(33)35)23(20)18-7-6-15(11-21(18)34)22-5-2-8-36-22/h1-6,8-12H,13H2,(H2,33,35). The van der Waals surface area contributed by atoms with Gasteiger partial charge in [0.15, 0.2) is 0 Å². The third-order valence-corrected chi connectivity index (χ3v) is 5.85. The van der Waals surface area contributed by atoms with Crippen molar-refractivity contribution in [2.45, 2.75) is 18.9 Å². The highest BCUT2D eigenvalue weighted by Crippen LogP contribution is 2.38. The van der Waals surface area contributed by atoms with E-state index in [1.165, 1.54) is 16.9 Å². The zero-order chi connectivity index (χ0) is 25.8. The third-order valence-electron chi connectivity index (χ3n) is 5.85. The second-order valence-corrected chi connectivity index (χ2v) is 8.19. The van der Waals surface area contributed by atoms with Gasteiger partial charge in [-0.25, -0.2) is 0 Å². The van der Waals surface area contributed by atoms with E-state index >= 15 is 0 Å². The largest absolute Gasteiger partial charge is 0.464 e. The van der Waals surface area contributed by atoms with Crippen LogP contribution in [-0.4, -0.2) is 10.5 Å². The molecule has 10 heteroatoms. The summed E-state index contributed by atoms with van der Waals surface area (Å²) in [6.45, 7) is -0.343. The van der Waals surface area contributed by atoms with E-state index in [4.69, 9.17) is 10.2 Å². The molecule has 2 heterocycles. The Hall–Kier alpha value is -4.21. The van der Waals surface area contributed by atoms with E-state index < -0.39 is 29.4 Å². The molecule has 0 spiro atoms. The quantitative estimate of drug-likeness (QED) is 0.269. The first-order chi connectivity index (χ1) is 16.9. The molecular formula is C26H15F6N2O2. The van der Waals surface area contributed by atoms with Crippen LogP contribution in [0.3, 0.4) is 0 Å². The lowest BCUT2D eigenvalue weighted by atomic mass is 10.0. The van der Waals surface area contributed by atoms with Gasteiger partial charge in [0.1, 0.15) is 5.76 Å². The molecule has 2 N–H and O–H groups in total. The number of primary amides is 1. The van der Waals surface area contributed by atoms with E-state index in [0.29, 0.717) is 45.3 Å². The van der Waals surface area contributed by atoms with Crippen molar-refractivity contribution in [2.75, 3.05) is 0 Å². The number of aromatic nitrogens is 1. The van der Waals surface area contributed by atoms with Crippen LogP contribution in [0.4, 0.5) is 26.3 Å². The van der Waals surface area contributed by atoms with Crippen LogP contribution in [0.25, 0.3) is 33.1 Å². The smallest absolute Gasteiger partial charge is 0.416 e. The van der Waals surface area contributed by atoms with Gasteiger partial charge in [-0.15, -0.1) is 0 Å². The molecule has 183 valence electrons. The fraction of sp³-hybridized carbons (Fsp3) is 0.115. The number of halogens is 6. The van der Waals surface area contributed by atoms with Crippen LogP contribution in [-0.2, 0) is 18.9 Å². The van der Waals surface area contributed by atoms with Crippen molar-refractivity contribution in [3.63, 3.8) is 0 Å². The molecular weight excluding hydrogens is 486 g/mol. The Bertz CT molecular complexity index is 1580. The first-order valence-electron chi connectivity index (χ1n) is 10.5. The number of fused-ring (bicyclic) bond motifs is 3. The Morgan fingerprint density at radius 1 is 0.917 bits per heavy atom. The number of amides is 1. The number of carbonyl (C=O) groups is 1. The molecule has 0 aliphatic carbocycles. The maximum atomic E-state index is 13.4. The summed E-state index contributed by atoms with van der Waals surface area (Å²) < 4.78 is 87.5. The maximum Gasteiger partial charge on any atom is 0.416 e. The number of carbonyl (C=O) groups excluding carboxylic acids is 1. The summed E-state index contributed by atoms with van der Waals surface area (Å²) in [5, 5.41) is 0.840. The topological polar surface area (TPSA) is 61.2 Å². The molecule has 5 rings (SSSR count). The van der Waals surface area contributed by atoms with Gasteiger partial charge in [0.25, 0.3) is 0 Å². The molecule has 5 aromatic rings. The van der Waals surface area contributed by atoms with E-state index in [0.717, 1.165) is 0 Å². The van der Waals surface area contributed by atoms with Crippen LogP contribution in [0.1, 0.15) is 27.0 Å². The molecule has 1 radical (unpaired) electrons. The number of hydrogen-bond acceptors (Lipinski definition) is 2. The monoisotopic (exact) mass is 501 g/mol. The van der Waals surface area contributed by atoms with Gasteiger partial charge in [-0.05, 0) is 66.2 Å². The fourth-order valence-electron chi connectivity index (χ4n) is 4.31. The van der Waals surface area contributed by atoms with Gasteiger partial charge in [-0.1, -0.05) is 6.07 Å². The van der Waals surface area contributed by atoms with Gasteiger partial charge in [0.05, 0.1) is 28.4 Å². The molecule has 0 aliphatic heterocycles. The van der Waals surface area contributed by atoms with E-state index in [2.05, 4.69) is 6.07 Å². The van der Waals surface area contributed by atoms with Crippen LogP contribution in [0, 0.1) is 6.07 Å². The van der Waals surface area contributed by atoms with Crippen molar-refractivity contribution >= 4 is 27.7 Å². The van der Waals surface area contributed by atoms with Gasteiger partial charge in [-0.2, -0.15) is 26.3 Å². The summed E-state index contributed by atoms with van der Waals surface area (Å²) in [6, 6.07) is 15.8. The minimum absolute atomic E-state index is 0.0867. The van der Waals surface area contributed by atoms with Gasteiger partial charge >= 0.3 is 12.4 Å². The van der Waals surface area contributed by atoms with Gasteiger partial charge < -0.3 is 14.7 Å². The number of nitrogens with two attached hydrogens (primary N) is 1. The number of benzene rings is 3. The summed E-state index contributed by atoms with van der Waals surface area (Å²) in [6.07, 6.45) is -8.49. The molecule has 2 aromatic heterocycles. The van der Waals surface area contributed by atoms with Crippen molar-refractivity contribution in [3.8, 4) is 11.3 Å². The van der Waals surface area contributed by atoms with E-state index in [1.54, 1.807) is 36.4 Å². The highest BCUT2D eigenvalue weighted by molar-refractivity contribution is 6.18. The maximum absolute atomic E-state index is 13.4. The highest BCUT2D eigenvalue weighted by Gasteiger charge is 2.37. The molecule has 0 saturated carbocycles. The lowest BCUT2D eigenvalue weighted by Gasteiger charge is -2.15.